The van der Waals surface area contributed by atoms with Gasteiger partial charge in [-0.1, -0.05) is 0 Å². The lowest BCUT2D eigenvalue weighted by Gasteiger charge is -2.30. The number of hydrogen-bond donors (Lipinski definition) is 1. The zero-order valence-corrected chi connectivity index (χ0v) is 12.0. The number of aliphatic carboxylic acids is 1. The highest BCUT2D eigenvalue weighted by molar-refractivity contribution is 5.91. The van der Waals surface area contributed by atoms with E-state index in [9.17, 15) is 18.4 Å². The van der Waals surface area contributed by atoms with Gasteiger partial charge >= 0.3 is 5.97 Å². The van der Waals surface area contributed by atoms with Gasteiger partial charge in [0.15, 0.2) is 0 Å². The minimum atomic E-state index is -0.821. The van der Waals surface area contributed by atoms with Gasteiger partial charge in [0.2, 0.25) is 5.91 Å². The lowest BCUT2D eigenvalue weighted by molar-refractivity contribution is -0.138. The molecule has 1 aromatic carbocycles. The third-order valence-corrected chi connectivity index (χ3v) is 3.69. The Morgan fingerprint density at radius 1 is 1.18 bits per heavy atom. The Morgan fingerprint density at radius 2 is 1.77 bits per heavy atom. The largest absolute Gasteiger partial charge is 0.481 e. The number of benzene rings is 1. The summed E-state index contributed by atoms with van der Waals surface area (Å²) in [7, 11) is 0. The Balaban J connectivity index is 1.90. The van der Waals surface area contributed by atoms with Crippen LogP contribution < -0.4 is 0 Å². The molecule has 4 nitrogen and oxygen atoms in total. The molecule has 1 amide bonds. The van der Waals surface area contributed by atoms with Gasteiger partial charge in [-0.15, -0.1) is 0 Å². The molecule has 22 heavy (non-hydrogen) atoms. The molecule has 1 fully saturated rings. The summed E-state index contributed by atoms with van der Waals surface area (Å²) < 4.78 is 26.1. The Morgan fingerprint density at radius 3 is 2.32 bits per heavy atom. The van der Waals surface area contributed by atoms with Gasteiger partial charge in [-0.3, -0.25) is 9.59 Å². The van der Waals surface area contributed by atoms with E-state index in [-0.39, 0.29) is 23.8 Å². The second-order valence-corrected chi connectivity index (χ2v) is 5.40. The van der Waals surface area contributed by atoms with E-state index < -0.39 is 17.6 Å². The van der Waals surface area contributed by atoms with Crippen LogP contribution in [-0.4, -0.2) is 35.0 Å². The number of carboxylic acids is 1. The molecule has 0 atom stereocenters. The van der Waals surface area contributed by atoms with Crippen LogP contribution in [0.2, 0.25) is 0 Å². The van der Waals surface area contributed by atoms with Crippen LogP contribution in [0.3, 0.4) is 0 Å². The van der Waals surface area contributed by atoms with Crippen molar-refractivity contribution in [2.24, 2.45) is 5.92 Å². The Kier molecular flexibility index (Phi) is 5.25. The molecule has 0 spiro atoms. The van der Waals surface area contributed by atoms with Gasteiger partial charge in [-0.25, -0.2) is 8.78 Å². The number of hydrogen-bond acceptors (Lipinski definition) is 2. The maximum Gasteiger partial charge on any atom is 0.303 e. The molecular weight excluding hydrogens is 292 g/mol. The highest BCUT2D eigenvalue weighted by atomic mass is 19.1. The lowest BCUT2D eigenvalue weighted by Crippen LogP contribution is -2.37. The average Bonchev–Trinajstić information content (AvgIpc) is 2.44. The van der Waals surface area contributed by atoms with Gasteiger partial charge in [-0.2, -0.15) is 0 Å². The molecule has 1 N–H and O–H groups in total. The van der Waals surface area contributed by atoms with E-state index >= 15 is 0 Å². The number of carboxylic acid groups (broad SMARTS) is 1. The number of rotatable bonds is 4. The molecular formula is C16H17F2NO3. The topological polar surface area (TPSA) is 57.6 Å². The van der Waals surface area contributed by atoms with Crippen LogP contribution in [0.5, 0.6) is 0 Å². The fraction of sp³-hybridized carbons (Fsp3) is 0.375. The number of carbonyl (C=O) groups is 2. The van der Waals surface area contributed by atoms with Crippen molar-refractivity contribution in [3.8, 4) is 0 Å². The SMILES string of the molecule is O=C(O)CC1CCN(C(=O)/C=C/c2cc(F)cc(F)c2)CC1. The van der Waals surface area contributed by atoms with Crippen molar-refractivity contribution in [3.05, 3.63) is 41.5 Å². The molecule has 0 aromatic heterocycles. The van der Waals surface area contributed by atoms with Crippen molar-refractivity contribution in [3.63, 3.8) is 0 Å². The maximum atomic E-state index is 13.0. The monoisotopic (exact) mass is 309 g/mol. The zero-order valence-electron chi connectivity index (χ0n) is 12.0. The van der Waals surface area contributed by atoms with Crippen molar-refractivity contribution >= 4 is 18.0 Å². The standard InChI is InChI=1S/C16H17F2NO3/c17-13-7-12(8-14(18)10-13)1-2-15(20)19-5-3-11(4-6-19)9-16(21)22/h1-2,7-8,10-11H,3-6,9H2,(H,21,22)/b2-1+. The summed E-state index contributed by atoms with van der Waals surface area (Å²) in [6.07, 6.45) is 4.09. The quantitative estimate of drug-likeness (QED) is 0.870. The molecule has 1 heterocycles. The Hall–Kier alpha value is -2.24. The molecule has 6 heteroatoms. The number of halogens is 2. The van der Waals surface area contributed by atoms with Crippen LogP contribution in [-0.2, 0) is 9.59 Å². The number of carbonyl (C=O) groups excluding carboxylic acids is 1. The fourth-order valence-electron chi connectivity index (χ4n) is 2.55. The van der Waals surface area contributed by atoms with Crippen molar-refractivity contribution in [2.75, 3.05) is 13.1 Å². The third-order valence-electron chi connectivity index (χ3n) is 3.69. The predicted octanol–water partition coefficient (Wildman–Crippen LogP) is 2.69. The van der Waals surface area contributed by atoms with E-state index in [4.69, 9.17) is 5.11 Å². The van der Waals surface area contributed by atoms with Crippen molar-refractivity contribution in [1.82, 2.24) is 4.90 Å². The lowest BCUT2D eigenvalue weighted by atomic mass is 9.93. The van der Waals surface area contributed by atoms with Crippen LogP contribution in [0.25, 0.3) is 6.08 Å². The number of likely N-dealkylation sites (tertiary alicyclic amines) is 1. The number of amides is 1. The summed E-state index contributed by atoms with van der Waals surface area (Å²) in [6.45, 7) is 0.997. The van der Waals surface area contributed by atoms with Crippen LogP contribution in [0, 0.1) is 17.6 Å². The molecule has 1 aliphatic rings. The Labute approximate surface area is 127 Å². The van der Waals surface area contributed by atoms with E-state index in [2.05, 4.69) is 0 Å². The highest BCUT2D eigenvalue weighted by Gasteiger charge is 2.23. The zero-order chi connectivity index (χ0) is 16.1. The summed E-state index contributed by atoms with van der Waals surface area (Å²) in [5, 5.41) is 8.74. The van der Waals surface area contributed by atoms with E-state index in [0.29, 0.717) is 25.9 Å². The first-order chi connectivity index (χ1) is 10.4. The maximum absolute atomic E-state index is 13.0. The summed E-state index contributed by atoms with van der Waals surface area (Å²) in [5.74, 6) is -2.35. The van der Waals surface area contributed by atoms with Crippen LogP contribution in [0.15, 0.2) is 24.3 Å². The van der Waals surface area contributed by atoms with Gasteiger partial charge in [-0.05, 0) is 42.5 Å². The molecule has 0 radical (unpaired) electrons. The van der Waals surface area contributed by atoms with E-state index in [1.165, 1.54) is 12.2 Å². The normalized spacial score (nSPS) is 16.2. The molecule has 1 aromatic rings. The third kappa shape index (κ3) is 4.65. The van der Waals surface area contributed by atoms with Crippen molar-refractivity contribution in [1.29, 1.82) is 0 Å². The van der Waals surface area contributed by atoms with Gasteiger partial charge < -0.3 is 10.0 Å². The van der Waals surface area contributed by atoms with E-state index in [1.807, 2.05) is 0 Å². The van der Waals surface area contributed by atoms with Gasteiger partial charge in [0, 0.05) is 31.7 Å². The van der Waals surface area contributed by atoms with Crippen LogP contribution in [0.4, 0.5) is 8.78 Å². The smallest absolute Gasteiger partial charge is 0.303 e. The van der Waals surface area contributed by atoms with Crippen LogP contribution in [0.1, 0.15) is 24.8 Å². The second-order valence-electron chi connectivity index (χ2n) is 5.40. The average molecular weight is 309 g/mol. The van der Waals surface area contributed by atoms with Gasteiger partial charge in [0.1, 0.15) is 11.6 Å². The molecule has 0 saturated carbocycles. The van der Waals surface area contributed by atoms with E-state index in [0.717, 1.165) is 18.2 Å². The van der Waals surface area contributed by atoms with Crippen molar-refractivity contribution < 1.29 is 23.5 Å². The fourth-order valence-corrected chi connectivity index (χ4v) is 2.55. The predicted molar refractivity (Wildman–Crippen MR) is 76.9 cm³/mol. The molecule has 0 bridgehead atoms. The molecule has 1 saturated heterocycles. The number of nitrogens with zero attached hydrogens (tertiary/aromatic N) is 1. The van der Waals surface area contributed by atoms with Crippen molar-refractivity contribution in [2.45, 2.75) is 19.3 Å². The number of piperidine rings is 1. The minimum absolute atomic E-state index is 0.0999. The minimum Gasteiger partial charge on any atom is -0.481 e. The highest BCUT2D eigenvalue weighted by Crippen LogP contribution is 2.20. The Bertz CT molecular complexity index is 573. The summed E-state index contributed by atoms with van der Waals surface area (Å²) in [5.41, 5.74) is 0.284. The van der Waals surface area contributed by atoms with Gasteiger partial charge in [0.25, 0.3) is 0 Å². The van der Waals surface area contributed by atoms with E-state index in [1.54, 1.807) is 4.90 Å². The molecule has 118 valence electrons. The summed E-state index contributed by atoms with van der Waals surface area (Å²) >= 11 is 0. The molecule has 2 rings (SSSR count). The first-order valence-electron chi connectivity index (χ1n) is 7.09. The van der Waals surface area contributed by atoms with Crippen LogP contribution >= 0.6 is 0 Å². The molecule has 0 aliphatic carbocycles. The molecule has 1 aliphatic heterocycles. The summed E-state index contributed by atoms with van der Waals surface area (Å²) in [4.78, 5) is 24.3. The summed E-state index contributed by atoms with van der Waals surface area (Å²) in [6, 6.07) is 3.06. The second kappa shape index (κ2) is 7.15. The first kappa shape index (κ1) is 16.1. The molecule has 0 unspecified atom stereocenters. The van der Waals surface area contributed by atoms with Gasteiger partial charge in [0.05, 0.1) is 0 Å². The first-order valence-corrected chi connectivity index (χ1v) is 7.09.